The average Bonchev–Trinajstić information content (AvgIpc) is 2.26. The van der Waals surface area contributed by atoms with Gasteiger partial charge in [-0.05, 0) is 30.9 Å². The Morgan fingerprint density at radius 3 is 2.93 bits per heavy atom. The summed E-state index contributed by atoms with van der Waals surface area (Å²) in [7, 11) is 0. The Morgan fingerprint density at radius 1 is 1.47 bits per heavy atom. The minimum Gasteiger partial charge on any atom is -0.302 e. The molecule has 1 unspecified atom stereocenters. The molecule has 1 rings (SSSR count). The molecule has 0 aromatic carbocycles. The summed E-state index contributed by atoms with van der Waals surface area (Å²) in [6.45, 7) is 7.51. The second-order valence-electron chi connectivity index (χ2n) is 4.17. The highest BCUT2D eigenvalue weighted by Crippen LogP contribution is 2.16. The molecule has 0 aliphatic carbocycles. The van der Waals surface area contributed by atoms with Gasteiger partial charge in [0, 0.05) is 25.4 Å². The molecular formula is C12H23NOS. The fourth-order valence-corrected chi connectivity index (χ4v) is 2.69. The molecule has 0 bridgehead atoms. The van der Waals surface area contributed by atoms with Crippen LogP contribution >= 0.6 is 11.8 Å². The molecule has 0 aromatic heterocycles. The molecule has 0 radical (unpaired) electrons. The van der Waals surface area contributed by atoms with Gasteiger partial charge in [0.1, 0.15) is 5.78 Å². The molecule has 1 saturated heterocycles. The first kappa shape index (κ1) is 13.0. The van der Waals surface area contributed by atoms with Crippen LogP contribution in [0.5, 0.6) is 0 Å². The Morgan fingerprint density at radius 2 is 2.27 bits per heavy atom. The number of Topliss-reactive ketones (excluding diaryl/α,β-unsaturated/α-hetero) is 1. The van der Waals surface area contributed by atoms with Crippen molar-refractivity contribution >= 4 is 17.5 Å². The van der Waals surface area contributed by atoms with E-state index in [1.165, 1.54) is 24.5 Å². The Hall–Kier alpha value is -0.0200. The molecule has 0 aromatic rings. The van der Waals surface area contributed by atoms with Crippen molar-refractivity contribution < 1.29 is 4.79 Å². The summed E-state index contributed by atoms with van der Waals surface area (Å²) in [6.07, 6.45) is 3.06. The lowest BCUT2D eigenvalue weighted by Crippen LogP contribution is -2.41. The lowest BCUT2D eigenvalue weighted by molar-refractivity contribution is -0.126. The van der Waals surface area contributed by atoms with Crippen molar-refractivity contribution in [3.63, 3.8) is 0 Å². The average molecular weight is 229 g/mol. The summed E-state index contributed by atoms with van der Waals surface area (Å²) >= 11 is 2.01. The van der Waals surface area contributed by atoms with Gasteiger partial charge in [0.15, 0.2) is 0 Å². The van der Waals surface area contributed by atoms with Crippen molar-refractivity contribution in [2.75, 3.05) is 31.1 Å². The van der Waals surface area contributed by atoms with Crippen LogP contribution in [0.25, 0.3) is 0 Å². The lowest BCUT2D eigenvalue weighted by Gasteiger charge is -2.31. The molecule has 2 nitrogen and oxygen atoms in total. The van der Waals surface area contributed by atoms with E-state index in [0.717, 1.165) is 25.9 Å². The molecule has 3 heteroatoms. The van der Waals surface area contributed by atoms with Gasteiger partial charge in [-0.15, -0.1) is 0 Å². The van der Waals surface area contributed by atoms with Crippen LogP contribution in [0, 0.1) is 5.92 Å². The van der Waals surface area contributed by atoms with Crippen molar-refractivity contribution in [3.05, 3.63) is 0 Å². The first-order valence-electron chi connectivity index (χ1n) is 6.10. The van der Waals surface area contributed by atoms with Crippen LogP contribution in [-0.2, 0) is 4.79 Å². The van der Waals surface area contributed by atoms with Gasteiger partial charge in [-0.25, -0.2) is 0 Å². The zero-order valence-corrected chi connectivity index (χ0v) is 10.8. The number of hydrogen-bond donors (Lipinski definition) is 0. The molecule has 1 aliphatic rings. The van der Waals surface area contributed by atoms with Gasteiger partial charge in [-0.1, -0.05) is 13.8 Å². The molecule has 1 heterocycles. The van der Waals surface area contributed by atoms with E-state index < -0.39 is 0 Å². The largest absolute Gasteiger partial charge is 0.302 e. The summed E-state index contributed by atoms with van der Waals surface area (Å²) in [5.74, 6) is 3.28. The number of piperidine rings is 1. The van der Waals surface area contributed by atoms with Crippen molar-refractivity contribution in [1.29, 1.82) is 0 Å². The molecule has 0 N–H and O–H groups in total. The Bertz CT molecular complexity index is 196. The number of carbonyl (C=O) groups is 1. The second-order valence-corrected chi connectivity index (χ2v) is 5.57. The number of nitrogens with zero attached hydrogens (tertiary/aromatic N) is 1. The third-order valence-corrected chi connectivity index (χ3v) is 4.05. The summed E-state index contributed by atoms with van der Waals surface area (Å²) in [4.78, 5) is 14.0. The van der Waals surface area contributed by atoms with Gasteiger partial charge in [0.05, 0.1) is 0 Å². The molecule has 15 heavy (non-hydrogen) atoms. The van der Waals surface area contributed by atoms with E-state index in [1.54, 1.807) is 0 Å². The summed E-state index contributed by atoms with van der Waals surface area (Å²) < 4.78 is 0. The van der Waals surface area contributed by atoms with E-state index in [4.69, 9.17) is 0 Å². The SMILES string of the molecule is CCSCCCN1CCC(=O)C(CC)C1. The fourth-order valence-electron chi connectivity index (χ4n) is 2.07. The van der Waals surface area contributed by atoms with Gasteiger partial charge in [-0.3, -0.25) is 4.79 Å². The van der Waals surface area contributed by atoms with Gasteiger partial charge < -0.3 is 4.90 Å². The van der Waals surface area contributed by atoms with E-state index in [1.807, 2.05) is 11.8 Å². The topological polar surface area (TPSA) is 20.3 Å². The first-order valence-corrected chi connectivity index (χ1v) is 7.26. The van der Waals surface area contributed by atoms with E-state index in [2.05, 4.69) is 18.7 Å². The Balaban J connectivity index is 2.17. The van der Waals surface area contributed by atoms with Crippen LogP contribution < -0.4 is 0 Å². The van der Waals surface area contributed by atoms with Crippen LogP contribution in [0.4, 0.5) is 0 Å². The molecule has 1 aliphatic heterocycles. The van der Waals surface area contributed by atoms with Crippen molar-refractivity contribution in [3.8, 4) is 0 Å². The van der Waals surface area contributed by atoms with Crippen LogP contribution in [0.2, 0.25) is 0 Å². The number of thioether (sulfide) groups is 1. The molecule has 0 saturated carbocycles. The van der Waals surface area contributed by atoms with Crippen LogP contribution in [-0.4, -0.2) is 41.8 Å². The first-order chi connectivity index (χ1) is 7.27. The van der Waals surface area contributed by atoms with E-state index in [-0.39, 0.29) is 0 Å². The monoisotopic (exact) mass is 229 g/mol. The Labute approximate surface area is 97.8 Å². The van der Waals surface area contributed by atoms with Gasteiger partial charge in [0.25, 0.3) is 0 Å². The number of rotatable bonds is 6. The second kappa shape index (κ2) is 7.29. The smallest absolute Gasteiger partial charge is 0.138 e. The van der Waals surface area contributed by atoms with Crippen LogP contribution in [0.1, 0.15) is 33.1 Å². The van der Waals surface area contributed by atoms with E-state index >= 15 is 0 Å². The third-order valence-electron chi connectivity index (χ3n) is 3.07. The number of likely N-dealkylation sites (tertiary alicyclic amines) is 1. The van der Waals surface area contributed by atoms with Gasteiger partial charge >= 0.3 is 0 Å². The predicted octanol–water partition coefficient (Wildman–Crippen LogP) is 2.43. The molecular weight excluding hydrogens is 206 g/mol. The minimum absolute atomic E-state index is 0.317. The maximum Gasteiger partial charge on any atom is 0.138 e. The highest BCUT2D eigenvalue weighted by Gasteiger charge is 2.24. The van der Waals surface area contributed by atoms with E-state index in [9.17, 15) is 4.79 Å². The van der Waals surface area contributed by atoms with Crippen LogP contribution in [0.3, 0.4) is 0 Å². The molecule has 0 spiro atoms. The van der Waals surface area contributed by atoms with E-state index in [0.29, 0.717) is 11.7 Å². The lowest BCUT2D eigenvalue weighted by atomic mass is 9.94. The number of carbonyl (C=O) groups excluding carboxylic acids is 1. The zero-order valence-electron chi connectivity index (χ0n) is 10.00. The minimum atomic E-state index is 0.317. The predicted molar refractivity (Wildman–Crippen MR) is 67.5 cm³/mol. The highest BCUT2D eigenvalue weighted by atomic mass is 32.2. The summed E-state index contributed by atoms with van der Waals surface area (Å²) in [5, 5.41) is 0. The highest BCUT2D eigenvalue weighted by molar-refractivity contribution is 7.99. The van der Waals surface area contributed by atoms with Gasteiger partial charge in [-0.2, -0.15) is 11.8 Å². The Kier molecular flexibility index (Phi) is 6.34. The molecule has 88 valence electrons. The fraction of sp³-hybridized carbons (Fsp3) is 0.917. The zero-order chi connectivity index (χ0) is 11.1. The maximum atomic E-state index is 11.5. The third kappa shape index (κ3) is 4.56. The number of ketones is 1. The molecule has 0 amide bonds. The standard InChI is InChI=1S/C12H23NOS/c1-3-11-10-13(8-6-12(11)14)7-5-9-15-4-2/h11H,3-10H2,1-2H3. The van der Waals surface area contributed by atoms with Crippen molar-refractivity contribution in [1.82, 2.24) is 4.90 Å². The summed E-state index contributed by atoms with van der Waals surface area (Å²) in [6, 6.07) is 0. The number of hydrogen-bond acceptors (Lipinski definition) is 3. The summed E-state index contributed by atoms with van der Waals surface area (Å²) in [5.41, 5.74) is 0. The molecule has 1 atom stereocenters. The normalized spacial score (nSPS) is 23.3. The van der Waals surface area contributed by atoms with Crippen LogP contribution in [0.15, 0.2) is 0 Å². The van der Waals surface area contributed by atoms with Gasteiger partial charge in [0.2, 0.25) is 0 Å². The molecule has 1 fully saturated rings. The van der Waals surface area contributed by atoms with Crippen molar-refractivity contribution in [2.24, 2.45) is 5.92 Å². The van der Waals surface area contributed by atoms with Crippen molar-refractivity contribution in [2.45, 2.75) is 33.1 Å². The quantitative estimate of drug-likeness (QED) is 0.653. The maximum absolute atomic E-state index is 11.5.